The fraction of sp³-hybridized carbons (Fsp3) is 0.211. The molecule has 5 nitrogen and oxygen atoms in total. The van der Waals surface area contributed by atoms with Crippen LogP contribution in [-0.2, 0) is 19.5 Å². The van der Waals surface area contributed by atoms with Crippen molar-refractivity contribution in [2.75, 3.05) is 0 Å². The molecule has 4 rings (SSSR count). The van der Waals surface area contributed by atoms with Crippen LogP contribution in [-0.4, -0.2) is 24.5 Å². The first-order chi connectivity index (χ1) is 11.9. The average molecular weight is 317 g/mol. The largest absolute Gasteiger partial charge is 0.324 e. The molecule has 0 saturated heterocycles. The van der Waals surface area contributed by atoms with Gasteiger partial charge in [0.2, 0.25) is 0 Å². The van der Waals surface area contributed by atoms with Crippen molar-refractivity contribution in [3.05, 3.63) is 78.4 Å². The van der Waals surface area contributed by atoms with E-state index in [-0.39, 0.29) is 0 Å². The van der Waals surface area contributed by atoms with Crippen LogP contribution < -0.4 is 0 Å². The van der Waals surface area contributed by atoms with Crippen LogP contribution in [0.4, 0.5) is 0 Å². The smallest absolute Gasteiger partial charge is 0.102 e. The molecule has 5 heteroatoms. The van der Waals surface area contributed by atoms with Gasteiger partial charge in [0, 0.05) is 6.54 Å². The Morgan fingerprint density at radius 1 is 0.917 bits per heavy atom. The molecule has 120 valence electrons. The molecule has 2 aromatic heterocycles. The number of rotatable bonds is 6. The second-order valence-electron chi connectivity index (χ2n) is 5.92. The van der Waals surface area contributed by atoms with Crippen LogP contribution in [0.2, 0.25) is 0 Å². The lowest BCUT2D eigenvalue weighted by atomic mass is 10.1. The average Bonchev–Trinajstić information content (AvgIpc) is 3.24. The van der Waals surface area contributed by atoms with Crippen LogP contribution in [0.3, 0.4) is 0 Å². The minimum absolute atomic E-state index is 0.694. The number of para-hydroxylation sites is 2. The standard InChI is InChI=1S/C19H19N5/c1-2-7-16(8-3-1)9-6-12-24-14-17(21-22-24)13-23-15-20-18-10-4-5-11-19(18)23/h1-5,7-8,10-11,14-15H,6,9,12-13H2. The summed E-state index contributed by atoms with van der Waals surface area (Å²) in [5.41, 5.74) is 4.45. The van der Waals surface area contributed by atoms with Crippen LogP contribution in [0.25, 0.3) is 11.0 Å². The van der Waals surface area contributed by atoms with E-state index in [0.29, 0.717) is 6.54 Å². The predicted octanol–water partition coefficient (Wildman–Crippen LogP) is 3.31. The Morgan fingerprint density at radius 2 is 1.75 bits per heavy atom. The molecule has 0 unspecified atom stereocenters. The molecule has 0 bridgehead atoms. The van der Waals surface area contributed by atoms with Crippen LogP contribution in [0.5, 0.6) is 0 Å². The molecule has 0 saturated carbocycles. The summed E-state index contributed by atoms with van der Waals surface area (Å²) in [6, 6.07) is 18.7. The fourth-order valence-electron chi connectivity index (χ4n) is 2.92. The monoisotopic (exact) mass is 317 g/mol. The molecule has 0 aliphatic carbocycles. The number of imidazole rings is 1. The van der Waals surface area contributed by atoms with Crippen LogP contribution in [0, 0.1) is 0 Å². The Balaban J connectivity index is 1.38. The molecular formula is C19H19N5. The van der Waals surface area contributed by atoms with Crippen molar-refractivity contribution in [1.82, 2.24) is 24.5 Å². The Morgan fingerprint density at radius 3 is 2.67 bits per heavy atom. The van der Waals surface area contributed by atoms with Crippen LogP contribution in [0.15, 0.2) is 67.1 Å². The molecule has 0 atom stereocenters. The zero-order chi connectivity index (χ0) is 16.2. The summed E-state index contributed by atoms with van der Waals surface area (Å²) >= 11 is 0. The van der Waals surface area contributed by atoms with Crippen molar-refractivity contribution in [3.63, 3.8) is 0 Å². The van der Waals surface area contributed by atoms with E-state index in [4.69, 9.17) is 0 Å². The first kappa shape index (κ1) is 14.6. The van der Waals surface area contributed by atoms with Gasteiger partial charge in [-0.25, -0.2) is 4.98 Å². The molecule has 2 aromatic carbocycles. The zero-order valence-corrected chi connectivity index (χ0v) is 13.4. The van der Waals surface area contributed by atoms with Crippen molar-refractivity contribution >= 4 is 11.0 Å². The third-order valence-electron chi connectivity index (χ3n) is 4.14. The van der Waals surface area contributed by atoms with E-state index in [1.54, 1.807) is 0 Å². The quantitative estimate of drug-likeness (QED) is 0.548. The van der Waals surface area contributed by atoms with Gasteiger partial charge >= 0.3 is 0 Å². The number of aryl methyl sites for hydroxylation is 2. The van der Waals surface area contributed by atoms with Gasteiger partial charge in [0.25, 0.3) is 0 Å². The number of benzene rings is 2. The summed E-state index contributed by atoms with van der Waals surface area (Å²) < 4.78 is 4.03. The van der Waals surface area contributed by atoms with Gasteiger partial charge in [0.05, 0.1) is 30.1 Å². The van der Waals surface area contributed by atoms with Gasteiger partial charge in [-0.2, -0.15) is 0 Å². The fourth-order valence-corrected chi connectivity index (χ4v) is 2.92. The summed E-state index contributed by atoms with van der Waals surface area (Å²) in [6.07, 6.45) is 6.00. The van der Waals surface area contributed by atoms with E-state index in [0.717, 1.165) is 36.1 Å². The molecule has 0 radical (unpaired) electrons. The van der Waals surface area contributed by atoms with Crippen molar-refractivity contribution in [3.8, 4) is 0 Å². The van der Waals surface area contributed by atoms with Crippen LogP contribution >= 0.6 is 0 Å². The molecule has 0 amide bonds. The van der Waals surface area contributed by atoms with Gasteiger partial charge in [-0.3, -0.25) is 4.68 Å². The maximum Gasteiger partial charge on any atom is 0.102 e. The first-order valence-corrected chi connectivity index (χ1v) is 8.21. The molecular weight excluding hydrogens is 298 g/mol. The second kappa shape index (κ2) is 6.66. The molecule has 4 aromatic rings. The van der Waals surface area contributed by atoms with E-state index >= 15 is 0 Å². The third kappa shape index (κ3) is 3.20. The molecule has 0 aliphatic rings. The van der Waals surface area contributed by atoms with Gasteiger partial charge in [-0.15, -0.1) is 5.10 Å². The van der Waals surface area contributed by atoms with Crippen molar-refractivity contribution in [2.45, 2.75) is 25.9 Å². The minimum atomic E-state index is 0.694. The van der Waals surface area contributed by atoms with Crippen molar-refractivity contribution < 1.29 is 0 Å². The van der Waals surface area contributed by atoms with E-state index in [1.807, 2.05) is 41.5 Å². The Bertz CT molecular complexity index is 923. The topological polar surface area (TPSA) is 48.5 Å². The van der Waals surface area contributed by atoms with E-state index in [1.165, 1.54) is 5.56 Å². The lowest BCUT2D eigenvalue weighted by Gasteiger charge is -2.02. The summed E-state index contributed by atoms with van der Waals surface area (Å²) in [5, 5.41) is 8.53. The highest BCUT2D eigenvalue weighted by Gasteiger charge is 2.05. The predicted molar refractivity (Wildman–Crippen MR) is 93.6 cm³/mol. The molecule has 24 heavy (non-hydrogen) atoms. The minimum Gasteiger partial charge on any atom is -0.324 e. The molecule has 0 N–H and O–H groups in total. The van der Waals surface area contributed by atoms with Gasteiger partial charge < -0.3 is 4.57 Å². The lowest BCUT2D eigenvalue weighted by Crippen LogP contribution is -2.00. The van der Waals surface area contributed by atoms with Crippen molar-refractivity contribution in [2.24, 2.45) is 0 Å². The Kier molecular flexibility index (Phi) is 4.06. The number of hydrogen-bond acceptors (Lipinski definition) is 3. The van der Waals surface area contributed by atoms with Crippen molar-refractivity contribution in [1.29, 1.82) is 0 Å². The van der Waals surface area contributed by atoms with Gasteiger partial charge in [-0.1, -0.05) is 47.7 Å². The molecule has 0 aliphatic heterocycles. The normalized spacial score (nSPS) is 11.2. The summed E-state index contributed by atoms with van der Waals surface area (Å²) in [7, 11) is 0. The Labute approximate surface area is 140 Å². The molecule has 2 heterocycles. The van der Waals surface area contributed by atoms with E-state index in [9.17, 15) is 0 Å². The number of nitrogens with zero attached hydrogens (tertiary/aromatic N) is 5. The van der Waals surface area contributed by atoms with Crippen LogP contribution in [0.1, 0.15) is 17.7 Å². The van der Waals surface area contributed by atoms with Gasteiger partial charge in [0.15, 0.2) is 0 Å². The maximum atomic E-state index is 4.41. The summed E-state index contributed by atoms with van der Waals surface area (Å²) in [4.78, 5) is 4.41. The zero-order valence-electron chi connectivity index (χ0n) is 13.4. The van der Waals surface area contributed by atoms with Gasteiger partial charge in [0.1, 0.15) is 5.69 Å². The highest BCUT2D eigenvalue weighted by Crippen LogP contribution is 2.13. The third-order valence-corrected chi connectivity index (χ3v) is 4.14. The Hall–Kier alpha value is -2.95. The molecule has 0 spiro atoms. The summed E-state index contributed by atoms with van der Waals surface area (Å²) in [6.45, 7) is 1.58. The lowest BCUT2D eigenvalue weighted by molar-refractivity contribution is 0.558. The van der Waals surface area contributed by atoms with E-state index in [2.05, 4.69) is 50.2 Å². The van der Waals surface area contributed by atoms with E-state index < -0.39 is 0 Å². The maximum absolute atomic E-state index is 4.41. The first-order valence-electron chi connectivity index (χ1n) is 8.21. The number of fused-ring (bicyclic) bond motifs is 1. The number of aromatic nitrogens is 5. The number of hydrogen-bond donors (Lipinski definition) is 0. The SMILES string of the molecule is c1ccc(CCCn2cc(Cn3cnc4ccccc43)nn2)cc1. The van der Waals surface area contributed by atoms with Gasteiger partial charge in [-0.05, 0) is 30.5 Å². The molecule has 0 fully saturated rings. The highest BCUT2D eigenvalue weighted by molar-refractivity contribution is 5.74. The highest BCUT2D eigenvalue weighted by atomic mass is 15.4. The second-order valence-corrected chi connectivity index (χ2v) is 5.92. The summed E-state index contributed by atoms with van der Waals surface area (Å²) in [5.74, 6) is 0.